The highest BCUT2D eigenvalue weighted by atomic mass is 35.5. The molecule has 3 aromatic rings. The molecule has 276 valence electrons. The maximum absolute atomic E-state index is 14.4. The monoisotopic (exact) mass is 718 g/mol. The summed E-state index contributed by atoms with van der Waals surface area (Å²) in [7, 11) is 1.61. The zero-order chi connectivity index (χ0) is 36.2. The number of carbonyl (C=O) groups excluding carboxylic acids is 2. The van der Waals surface area contributed by atoms with Crippen LogP contribution in [0.5, 0.6) is 11.5 Å². The number of nitrogens with one attached hydrogen (secondary N) is 3. The van der Waals surface area contributed by atoms with Crippen molar-refractivity contribution >= 4 is 29.1 Å². The molecule has 0 aliphatic carbocycles. The number of amides is 2. The SMILES string of the molecule is COc1c(OCCCNCCCc2ccccc2)cccc1[C@H]1O[C@H](CC(=O)NCC2CCNCC2)C(=O)N(CC(C)(C)C)c2ccc(Cl)cc21. The van der Waals surface area contributed by atoms with Crippen molar-refractivity contribution in [1.29, 1.82) is 0 Å². The standard InChI is InChI=1S/C41H55ClN4O5/c1-41(2,3)28-46-34-17-16-31(42)25-33(34)38(51-36(40(46)48)26-37(47)45-27-30-18-22-44-23-19-30)32-14-8-15-35(39(32)49-4)50-24-10-21-43-20-9-13-29-11-6-5-7-12-29/h5-8,11-12,14-17,25,30,36,38,43-44H,9-10,13,18-24,26-28H2,1-4H3,(H,45,47)/t36-,38-/m1/s1. The number of aryl methyl sites for hydroxylation is 1. The fraction of sp³-hybridized carbons (Fsp3) is 0.512. The molecule has 5 rings (SSSR count). The first kappa shape index (κ1) is 38.6. The van der Waals surface area contributed by atoms with Crippen LogP contribution in [0.15, 0.2) is 66.7 Å². The Morgan fingerprint density at radius 2 is 1.76 bits per heavy atom. The maximum atomic E-state index is 14.4. The molecule has 2 aliphatic heterocycles. The van der Waals surface area contributed by atoms with E-state index >= 15 is 0 Å². The molecule has 0 bridgehead atoms. The number of ether oxygens (including phenoxy) is 3. The van der Waals surface area contributed by atoms with Crippen molar-refractivity contribution in [3.05, 3.63) is 88.4 Å². The number of para-hydroxylation sites is 1. The molecular weight excluding hydrogens is 664 g/mol. The second kappa shape index (κ2) is 18.7. The number of benzene rings is 3. The lowest BCUT2D eigenvalue weighted by molar-refractivity contribution is -0.138. The third-order valence-corrected chi connectivity index (χ3v) is 9.60. The van der Waals surface area contributed by atoms with Gasteiger partial charge in [0.2, 0.25) is 5.91 Å². The summed E-state index contributed by atoms with van der Waals surface area (Å²) >= 11 is 6.61. The van der Waals surface area contributed by atoms with Crippen LogP contribution in [0, 0.1) is 11.3 Å². The van der Waals surface area contributed by atoms with Crippen LogP contribution in [-0.2, 0) is 20.7 Å². The number of carbonyl (C=O) groups is 2. The maximum Gasteiger partial charge on any atom is 0.256 e. The van der Waals surface area contributed by atoms with Gasteiger partial charge in [0.05, 0.1) is 20.1 Å². The Morgan fingerprint density at radius 1 is 1.00 bits per heavy atom. The largest absolute Gasteiger partial charge is 0.492 e. The smallest absolute Gasteiger partial charge is 0.256 e. The molecular formula is C41H55ClN4O5. The molecule has 0 spiro atoms. The number of anilines is 1. The normalized spacial score (nSPS) is 18.2. The number of fused-ring (bicyclic) bond motifs is 1. The lowest BCUT2D eigenvalue weighted by Crippen LogP contribution is -2.45. The number of piperidine rings is 1. The molecule has 10 heteroatoms. The lowest BCUT2D eigenvalue weighted by atomic mass is 9.94. The fourth-order valence-corrected chi connectivity index (χ4v) is 6.99. The van der Waals surface area contributed by atoms with Gasteiger partial charge >= 0.3 is 0 Å². The first-order chi connectivity index (χ1) is 24.6. The minimum atomic E-state index is -1.03. The summed E-state index contributed by atoms with van der Waals surface area (Å²) in [6, 6.07) is 21.7. The fourth-order valence-electron chi connectivity index (χ4n) is 6.81. The van der Waals surface area contributed by atoms with Crippen LogP contribution in [0.4, 0.5) is 5.69 Å². The summed E-state index contributed by atoms with van der Waals surface area (Å²) in [6.07, 6.45) is 3.10. The summed E-state index contributed by atoms with van der Waals surface area (Å²) in [5.41, 5.74) is 3.26. The van der Waals surface area contributed by atoms with Crippen molar-refractivity contribution < 1.29 is 23.8 Å². The van der Waals surface area contributed by atoms with Gasteiger partial charge in [0.1, 0.15) is 12.2 Å². The number of methoxy groups -OCH3 is 1. The molecule has 2 amide bonds. The van der Waals surface area contributed by atoms with Gasteiger partial charge in [0, 0.05) is 34.9 Å². The van der Waals surface area contributed by atoms with E-state index in [2.05, 4.69) is 61.0 Å². The Labute approximate surface area is 308 Å². The molecule has 1 saturated heterocycles. The Morgan fingerprint density at radius 3 is 2.51 bits per heavy atom. The Balaban J connectivity index is 1.33. The van der Waals surface area contributed by atoms with Crippen LogP contribution in [0.1, 0.15) is 75.7 Å². The molecule has 0 radical (unpaired) electrons. The van der Waals surface area contributed by atoms with Gasteiger partial charge in [-0.3, -0.25) is 9.59 Å². The van der Waals surface area contributed by atoms with Crippen molar-refractivity contribution in [2.24, 2.45) is 11.3 Å². The summed E-state index contributed by atoms with van der Waals surface area (Å²) in [5, 5.41) is 10.5. The number of hydrogen-bond acceptors (Lipinski definition) is 7. The van der Waals surface area contributed by atoms with Crippen molar-refractivity contribution in [2.45, 2.75) is 71.5 Å². The van der Waals surface area contributed by atoms with E-state index < -0.39 is 12.2 Å². The molecule has 0 saturated carbocycles. The molecule has 2 heterocycles. The Hall–Kier alpha value is -3.63. The Bertz CT molecular complexity index is 1570. The minimum absolute atomic E-state index is 0.0977. The quantitative estimate of drug-likeness (QED) is 0.142. The van der Waals surface area contributed by atoms with E-state index in [0.29, 0.717) is 53.4 Å². The van der Waals surface area contributed by atoms with Crippen LogP contribution in [-0.4, -0.2) is 70.9 Å². The van der Waals surface area contributed by atoms with Gasteiger partial charge < -0.3 is 35.1 Å². The van der Waals surface area contributed by atoms with Gasteiger partial charge in [-0.25, -0.2) is 0 Å². The highest BCUT2D eigenvalue weighted by molar-refractivity contribution is 6.30. The third kappa shape index (κ3) is 11.2. The van der Waals surface area contributed by atoms with Crippen LogP contribution >= 0.6 is 11.6 Å². The number of halogens is 1. The Kier molecular flexibility index (Phi) is 14.2. The van der Waals surface area contributed by atoms with Crippen molar-refractivity contribution in [1.82, 2.24) is 16.0 Å². The van der Waals surface area contributed by atoms with E-state index in [1.54, 1.807) is 18.1 Å². The van der Waals surface area contributed by atoms with Crippen LogP contribution in [0.25, 0.3) is 0 Å². The minimum Gasteiger partial charge on any atom is -0.492 e. The average molecular weight is 719 g/mol. The molecule has 2 aliphatic rings. The average Bonchev–Trinajstić information content (AvgIpc) is 3.22. The van der Waals surface area contributed by atoms with Gasteiger partial charge in [0.25, 0.3) is 5.91 Å². The molecule has 3 aromatic carbocycles. The van der Waals surface area contributed by atoms with Crippen molar-refractivity contribution in [3.8, 4) is 11.5 Å². The molecule has 0 aromatic heterocycles. The molecule has 2 atom stereocenters. The van der Waals surface area contributed by atoms with Crippen LogP contribution in [0.2, 0.25) is 5.02 Å². The number of rotatable bonds is 16. The van der Waals surface area contributed by atoms with E-state index in [9.17, 15) is 9.59 Å². The number of hydrogen-bond donors (Lipinski definition) is 3. The van der Waals surface area contributed by atoms with E-state index in [0.717, 1.165) is 63.8 Å². The van der Waals surface area contributed by atoms with Crippen molar-refractivity contribution in [2.75, 3.05) is 57.9 Å². The van der Waals surface area contributed by atoms with E-state index in [4.69, 9.17) is 25.8 Å². The van der Waals surface area contributed by atoms with Crippen LogP contribution < -0.4 is 30.3 Å². The van der Waals surface area contributed by atoms with Gasteiger partial charge in [-0.05, 0) is 99.4 Å². The summed E-state index contributed by atoms with van der Waals surface area (Å²) in [5.74, 6) is 1.07. The molecule has 9 nitrogen and oxygen atoms in total. The third-order valence-electron chi connectivity index (χ3n) is 9.37. The highest BCUT2D eigenvalue weighted by Gasteiger charge is 2.40. The topological polar surface area (TPSA) is 101 Å². The summed E-state index contributed by atoms with van der Waals surface area (Å²) in [4.78, 5) is 29.5. The van der Waals surface area contributed by atoms with Gasteiger partial charge in [0.15, 0.2) is 11.5 Å². The van der Waals surface area contributed by atoms with Gasteiger partial charge in [-0.2, -0.15) is 0 Å². The molecule has 3 N–H and O–H groups in total. The summed E-state index contributed by atoms with van der Waals surface area (Å²) in [6.45, 7) is 11.5. The zero-order valence-electron chi connectivity index (χ0n) is 30.6. The van der Waals surface area contributed by atoms with E-state index in [1.807, 2.05) is 36.4 Å². The molecule has 0 unspecified atom stereocenters. The highest BCUT2D eigenvalue weighted by Crippen LogP contribution is 2.45. The second-order valence-corrected chi connectivity index (χ2v) is 15.3. The second-order valence-electron chi connectivity index (χ2n) is 14.8. The first-order valence-electron chi connectivity index (χ1n) is 18.4. The number of nitrogens with zero attached hydrogens (tertiary/aromatic N) is 1. The van der Waals surface area contributed by atoms with E-state index in [1.165, 1.54) is 5.56 Å². The van der Waals surface area contributed by atoms with Gasteiger partial charge in [-0.15, -0.1) is 0 Å². The van der Waals surface area contributed by atoms with E-state index in [-0.39, 0.29) is 23.7 Å². The van der Waals surface area contributed by atoms with Gasteiger partial charge in [-0.1, -0.05) is 74.8 Å². The molecule has 51 heavy (non-hydrogen) atoms. The predicted molar refractivity (Wildman–Crippen MR) is 204 cm³/mol. The molecule has 1 fully saturated rings. The zero-order valence-corrected chi connectivity index (χ0v) is 31.4. The predicted octanol–water partition coefficient (Wildman–Crippen LogP) is 6.71. The first-order valence-corrected chi connectivity index (χ1v) is 18.8. The summed E-state index contributed by atoms with van der Waals surface area (Å²) < 4.78 is 19.0. The van der Waals surface area contributed by atoms with Crippen LogP contribution in [0.3, 0.4) is 0 Å². The lowest BCUT2D eigenvalue weighted by Gasteiger charge is -2.31. The van der Waals surface area contributed by atoms with Crippen molar-refractivity contribution in [3.63, 3.8) is 0 Å².